The average Bonchev–Trinajstić information content (AvgIpc) is 2.91. The highest BCUT2D eigenvalue weighted by Gasteiger charge is 2.27. The van der Waals surface area contributed by atoms with E-state index < -0.39 is 0 Å². The van der Waals surface area contributed by atoms with Crippen molar-refractivity contribution in [2.75, 3.05) is 33.3 Å². The van der Waals surface area contributed by atoms with Gasteiger partial charge in [-0.2, -0.15) is 0 Å². The molecule has 0 spiro atoms. The fraction of sp³-hybridized carbons (Fsp3) is 0.500. The SMILES string of the molecule is CN1CCN(C(=O)Cc2nc3ccccc3[nH]2)CC1CCO. The summed E-state index contributed by atoms with van der Waals surface area (Å²) in [6.45, 7) is 2.41. The van der Waals surface area contributed by atoms with E-state index >= 15 is 0 Å². The molecule has 1 amide bonds. The molecule has 1 fully saturated rings. The molecule has 1 aromatic heterocycles. The summed E-state index contributed by atoms with van der Waals surface area (Å²) in [5, 5.41) is 9.13. The minimum atomic E-state index is 0.0927. The lowest BCUT2D eigenvalue weighted by Gasteiger charge is -2.39. The molecule has 1 aliphatic heterocycles. The number of nitrogens with zero attached hydrogens (tertiary/aromatic N) is 3. The largest absolute Gasteiger partial charge is 0.396 e. The first-order chi connectivity index (χ1) is 10.7. The highest BCUT2D eigenvalue weighted by Crippen LogP contribution is 2.14. The minimum Gasteiger partial charge on any atom is -0.396 e. The predicted octanol–water partition coefficient (Wildman–Crippen LogP) is 0.630. The van der Waals surface area contributed by atoms with Crippen molar-refractivity contribution >= 4 is 16.9 Å². The van der Waals surface area contributed by atoms with Crippen LogP contribution in [0.2, 0.25) is 0 Å². The maximum absolute atomic E-state index is 12.5. The highest BCUT2D eigenvalue weighted by molar-refractivity contribution is 5.80. The molecule has 2 N–H and O–H groups in total. The topological polar surface area (TPSA) is 72.5 Å². The van der Waals surface area contributed by atoms with Gasteiger partial charge in [0.1, 0.15) is 5.82 Å². The van der Waals surface area contributed by atoms with E-state index in [1.54, 1.807) is 0 Å². The molecule has 6 heteroatoms. The Balaban J connectivity index is 1.66. The fourth-order valence-corrected chi connectivity index (χ4v) is 2.98. The first-order valence-corrected chi connectivity index (χ1v) is 7.70. The maximum Gasteiger partial charge on any atom is 0.230 e. The van der Waals surface area contributed by atoms with Gasteiger partial charge >= 0.3 is 0 Å². The van der Waals surface area contributed by atoms with Crippen LogP contribution in [0.25, 0.3) is 11.0 Å². The van der Waals surface area contributed by atoms with Crippen LogP contribution in [0.15, 0.2) is 24.3 Å². The van der Waals surface area contributed by atoms with Crippen molar-refractivity contribution in [1.29, 1.82) is 0 Å². The van der Waals surface area contributed by atoms with Gasteiger partial charge in [0.15, 0.2) is 0 Å². The standard InChI is InChI=1S/C16H22N4O2/c1-19-7-8-20(11-12(19)6-9-21)16(22)10-15-17-13-4-2-3-5-14(13)18-15/h2-5,12,21H,6-11H2,1H3,(H,17,18). The first kappa shape index (κ1) is 15.0. The number of carbonyl (C=O) groups is 1. The molecular formula is C16H22N4O2. The van der Waals surface area contributed by atoms with Crippen LogP contribution in [-0.2, 0) is 11.2 Å². The van der Waals surface area contributed by atoms with Crippen LogP contribution in [0, 0.1) is 0 Å². The molecule has 1 aromatic carbocycles. The number of aliphatic hydroxyl groups is 1. The van der Waals surface area contributed by atoms with Gasteiger partial charge < -0.3 is 15.0 Å². The Labute approximate surface area is 129 Å². The van der Waals surface area contributed by atoms with Gasteiger partial charge in [0.2, 0.25) is 5.91 Å². The Morgan fingerprint density at radius 3 is 3.00 bits per heavy atom. The average molecular weight is 302 g/mol. The quantitative estimate of drug-likeness (QED) is 0.869. The molecule has 6 nitrogen and oxygen atoms in total. The number of H-pyrrole nitrogens is 1. The van der Waals surface area contributed by atoms with Crippen molar-refractivity contribution in [3.8, 4) is 0 Å². The summed E-state index contributed by atoms with van der Waals surface area (Å²) in [6.07, 6.45) is 0.995. The zero-order valence-electron chi connectivity index (χ0n) is 12.8. The van der Waals surface area contributed by atoms with Gasteiger partial charge in [0.05, 0.1) is 17.5 Å². The second-order valence-electron chi connectivity index (χ2n) is 5.86. The number of benzene rings is 1. The van der Waals surface area contributed by atoms with Gasteiger partial charge in [-0.3, -0.25) is 9.69 Å². The van der Waals surface area contributed by atoms with E-state index in [1.807, 2.05) is 36.2 Å². The third-order valence-corrected chi connectivity index (χ3v) is 4.35. The number of hydrogen-bond donors (Lipinski definition) is 2. The van der Waals surface area contributed by atoms with Gasteiger partial charge in [-0.15, -0.1) is 0 Å². The zero-order chi connectivity index (χ0) is 15.5. The van der Waals surface area contributed by atoms with Crippen LogP contribution in [-0.4, -0.2) is 70.1 Å². The molecular weight excluding hydrogens is 280 g/mol. The molecule has 2 aromatic rings. The van der Waals surface area contributed by atoms with Crippen molar-refractivity contribution in [1.82, 2.24) is 19.8 Å². The maximum atomic E-state index is 12.5. The summed E-state index contributed by atoms with van der Waals surface area (Å²) >= 11 is 0. The van der Waals surface area contributed by atoms with Crippen LogP contribution in [0.5, 0.6) is 0 Å². The fourth-order valence-electron chi connectivity index (χ4n) is 2.98. The van der Waals surface area contributed by atoms with Gasteiger partial charge in [0.25, 0.3) is 0 Å². The van der Waals surface area contributed by atoms with Crippen LogP contribution in [0.1, 0.15) is 12.2 Å². The van der Waals surface area contributed by atoms with Gasteiger partial charge in [-0.05, 0) is 25.6 Å². The number of carbonyl (C=O) groups excluding carboxylic acids is 1. The van der Waals surface area contributed by atoms with Crippen molar-refractivity contribution in [3.05, 3.63) is 30.1 Å². The predicted molar refractivity (Wildman–Crippen MR) is 84.5 cm³/mol. The van der Waals surface area contributed by atoms with E-state index in [9.17, 15) is 4.79 Å². The van der Waals surface area contributed by atoms with Gasteiger partial charge in [-0.25, -0.2) is 4.98 Å². The molecule has 1 unspecified atom stereocenters. The molecule has 1 aliphatic rings. The summed E-state index contributed by atoms with van der Waals surface area (Å²) in [4.78, 5) is 24.2. The molecule has 0 bridgehead atoms. The zero-order valence-corrected chi connectivity index (χ0v) is 12.8. The number of piperazine rings is 1. The van der Waals surface area contributed by atoms with Crippen LogP contribution >= 0.6 is 0 Å². The lowest BCUT2D eigenvalue weighted by atomic mass is 10.1. The number of hydrogen-bond acceptors (Lipinski definition) is 4. The number of aliphatic hydroxyl groups excluding tert-OH is 1. The second kappa shape index (κ2) is 6.46. The monoisotopic (exact) mass is 302 g/mol. The normalized spacial score (nSPS) is 19.7. The van der Waals surface area contributed by atoms with Gasteiger partial charge in [-0.1, -0.05) is 12.1 Å². The number of para-hydroxylation sites is 2. The van der Waals surface area contributed by atoms with E-state index in [0.717, 1.165) is 24.1 Å². The second-order valence-corrected chi connectivity index (χ2v) is 5.86. The Hall–Kier alpha value is -1.92. The first-order valence-electron chi connectivity index (χ1n) is 7.70. The van der Waals surface area contributed by atoms with Crippen LogP contribution < -0.4 is 0 Å². The van der Waals surface area contributed by atoms with E-state index in [2.05, 4.69) is 14.9 Å². The Kier molecular flexibility index (Phi) is 4.40. The number of aromatic amines is 1. The number of aromatic nitrogens is 2. The molecule has 2 heterocycles. The van der Waals surface area contributed by atoms with Crippen LogP contribution in [0.4, 0.5) is 0 Å². The number of fused-ring (bicyclic) bond motifs is 1. The Bertz CT molecular complexity index is 621. The smallest absolute Gasteiger partial charge is 0.230 e. The van der Waals surface area contributed by atoms with E-state index in [4.69, 9.17) is 5.11 Å². The number of imidazole rings is 1. The molecule has 1 saturated heterocycles. The number of likely N-dealkylation sites (N-methyl/N-ethyl adjacent to an activating group) is 1. The van der Waals surface area contributed by atoms with Crippen molar-refractivity contribution in [2.45, 2.75) is 18.9 Å². The summed E-state index contributed by atoms with van der Waals surface area (Å²) < 4.78 is 0. The lowest BCUT2D eigenvalue weighted by molar-refractivity contribution is -0.133. The van der Waals surface area contributed by atoms with Crippen LogP contribution in [0.3, 0.4) is 0 Å². The summed E-state index contributed by atoms with van der Waals surface area (Å²) in [5.74, 6) is 0.805. The molecule has 0 aliphatic carbocycles. The van der Waals surface area contributed by atoms with Gasteiger partial charge in [0, 0.05) is 32.3 Å². The van der Waals surface area contributed by atoms with Crippen molar-refractivity contribution < 1.29 is 9.90 Å². The highest BCUT2D eigenvalue weighted by atomic mass is 16.3. The summed E-state index contributed by atoms with van der Waals surface area (Å²) in [5.41, 5.74) is 1.85. The third-order valence-electron chi connectivity index (χ3n) is 4.35. The molecule has 1 atom stereocenters. The minimum absolute atomic E-state index is 0.0927. The van der Waals surface area contributed by atoms with Crippen molar-refractivity contribution in [2.24, 2.45) is 0 Å². The molecule has 0 saturated carbocycles. The molecule has 0 radical (unpaired) electrons. The molecule has 22 heavy (non-hydrogen) atoms. The Morgan fingerprint density at radius 1 is 1.41 bits per heavy atom. The number of rotatable bonds is 4. The lowest BCUT2D eigenvalue weighted by Crippen LogP contribution is -2.53. The Morgan fingerprint density at radius 2 is 2.23 bits per heavy atom. The summed E-state index contributed by atoms with van der Waals surface area (Å²) in [7, 11) is 2.04. The number of nitrogens with one attached hydrogen (secondary N) is 1. The van der Waals surface area contributed by atoms with E-state index in [1.165, 1.54) is 0 Å². The van der Waals surface area contributed by atoms with E-state index in [0.29, 0.717) is 25.2 Å². The van der Waals surface area contributed by atoms with E-state index in [-0.39, 0.29) is 18.6 Å². The molecule has 118 valence electrons. The third kappa shape index (κ3) is 3.13. The molecule has 3 rings (SSSR count). The number of amides is 1. The summed E-state index contributed by atoms with van der Waals surface area (Å²) in [6, 6.07) is 8.02. The van der Waals surface area contributed by atoms with Crippen molar-refractivity contribution in [3.63, 3.8) is 0 Å².